The summed E-state index contributed by atoms with van der Waals surface area (Å²) >= 11 is 0. The fourth-order valence-corrected chi connectivity index (χ4v) is 2.90. The molecule has 0 spiro atoms. The van der Waals surface area contributed by atoms with Crippen LogP contribution in [0.2, 0.25) is 0 Å². The standard InChI is InChI=1S/C18H16F2N4/c19-12-5-7-13(8-6-12)22-18-17(14-3-1-2-4-15(14)20)23-16-11-21-9-10-24(16)18/h1-8,21-22H,9-11H2. The van der Waals surface area contributed by atoms with Gasteiger partial charge >= 0.3 is 0 Å². The molecule has 0 radical (unpaired) electrons. The van der Waals surface area contributed by atoms with Crippen molar-refractivity contribution in [3.63, 3.8) is 0 Å². The summed E-state index contributed by atoms with van der Waals surface area (Å²) in [6, 6.07) is 12.7. The Labute approximate surface area is 138 Å². The van der Waals surface area contributed by atoms with E-state index >= 15 is 0 Å². The van der Waals surface area contributed by atoms with Gasteiger partial charge in [-0.15, -0.1) is 0 Å². The lowest BCUT2D eigenvalue weighted by Gasteiger charge is -2.18. The van der Waals surface area contributed by atoms with E-state index in [-0.39, 0.29) is 11.6 Å². The van der Waals surface area contributed by atoms with Crippen LogP contribution in [0.4, 0.5) is 20.3 Å². The van der Waals surface area contributed by atoms with Crippen LogP contribution in [0.1, 0.15) is 5.82 Å². The summed E-state index contributed by atoms with van der Waals surface area (Å²) in [6.07, 6.45) is 0. The molecular weight excluding hydrogens is 310 g/mol. The van der Waals surface area contributed by atoms with Crippen molar-refractivity contribution in [3.05, 3.63) is 66.0 Å². The molecule has 3 aromatic rings. The summed E-state index contributed by atoms with van der Waals surface area (Å²) in [5.41, 5.74) is 1.75. The first-order valence-electron chi connectivity index (χ1n) is 7.80. The summed E-state index contributed by atoms with van der Waals surface area (Å²) in [6.45, 7) is 2.19. The maximum atomic E-state index is 14.3. The molecule has 1 aromatic heterocycles. The van der Waals surface area contributed by atoms with Gasteiger partial charge in [0.25, 0.3) is 0 Å². The molecule has 1 aliphatic heterocycles. The highest BCUT2D eigenvalue weighted by molar-refractivity contribution is 5.77. The van der Waals surface area contributed by atoms with E-state index in [4.69, 9.17) is 0 Å². The van der Waals surface area contributed by atoms with Crippen molar-refractivity contribution in [1.82, 2.24) is 14.9 Å². The van der Waals surface area contributed by atoms with E-state index in [2.05, 4.69) is 15.6 Å². The Balaban J connectivity index is 1.83. The Hall–Kier alpha value is -2.73. The smallest absolute Gasteiger partial charge is 0.139 e. The van der Waals surface area contributed by atoms with Crippen molar-refractivity contribution in [3.8, 4) is 11.3 Å². The van der Waals surface area contributed by atoms with Crippen LogP contribution in [0, 0.1) is 11.6 Å². The Morgan fingerprint density at radius 2 is 1.83 bits per heavy atom. The van der Waals surface area contributed by atoms with Crippen LogP contribution in [0.25, 0.3) is 11.3 Å². The lowest BCUT2D eigenvalue weighted by Crippen LogP contribution is -2.28. The number of hydrogen-bond acceptors (Lipinski definition) is 3. The molecule has 0 bridgehead atoms. The molecular formula is C18H16F2N4. The Bertz CT molecular complexity index is 871. The second kappa shape index (κ2) is 6.05. The molecule has 0 amide bonds. The van der Waals surface area contributed by atoms with Crippen molar-refractivity contribution < 1.29 is 8.78 Å². The molecule has 0 saturated heterocycles. The van der Waals surface area contributed by atoms with Gasteiger partial charge in [0.1, 0.15) is 29.0 Å². The molecule has 6 heteroatoms. The third-order valence-corrected chi connectivity index (χ3v) is 4.08. The lowest BCUT2D eigenvalue weighted by atomic mass is 10.1. The van der Waals surface area contributed by atoms with Gasteiger partial charge in [0, 0.05) is 24.3 Å². The number of halogens is 2. The zero-order valence-electron chi connectivity index (χ0n) is 12.9. The largest absolute Gasteiger partial charge is 0.340 e. The SMILES string of the molecule is Fc1ccc(Nc2c(-c3ccccc3F)nc3n2CCNC3)cc1. The summed E-state index contributed by atoms with van der Waals surface area (Å²) in [7, 11) is 0. The number of nitrogens with zero attached hydrogens (tertiary/aromatic N) is 2. The molecule has 0 fully saturated rings. The topological polar surface area (TPSA) is 41.9 Å². The van der Waals surface area contributed by atoms with E-state index in [1.165, 1.54) is 18.2 Å². The van der Waals surface area contributed by atoms with Crippen LogP contribution in [-0.4, -0.2) is 16.1 Å². The highest BCUT2D eigenvalue weighted by Gasteiger charge is 2.22. The zero-order valence-corrected chi connectivity index (χ0v) is 12.9. The average Bonchev–Trinajstić information content (AvgIpc) is 2.96. The van der Waals surface area contributed by atoms with Crippen molar-refractivity contribution in [2.45, 2.75) is 13.1 Å². The van der Waals surface area contributed by atoms with Gasteiger partial charge in [0.2, 0.25) is 0 Å². The summed E-state index contributed by atoms with van der Waals surface area (Å²) in [4.78, 5) is 4.62. The highest BCUT2D eigenvalue weighted by Crippen LogP contribution is 2.33. The average molecular weight is 326 g/mol. The van der Waals surface area contributed by atoms with Gasteiger partial charge in [-0.1, -0.05) is 12.1 Å². The predicted octanol–water partition coefficient (Wildman–Crippen LogP) is 3.68. The number of nitrogens with one attached hydrogen (secondary N) is 2. The first-order chi connectivity index (χ1) is 11.7. The van der Waals surface area contributed by atoms with Crippen molar-refractivity contribution in [2.75, 3.05) is 11.9 Å². The molecule has 2 heterocycles. The third-order valence-electron chi connectivity index (χ3n) is 4.08. The minimum Gasteiger partial charge on any atom is -0.340 e. The molecule has 0 aliphatic carbocycles. The van der Waals surface area contributed by atoms with Crippen molar-refractivity contribution >= 4 is 11.5 Å². The Kier molecular flexibility index (Phi) is 3.74. The number of imidazole rings is 1. The van der Waals surface area contributed by atoms with Crippen molar-refractivity contribution in [1.29, 1.82) is 0 Å². The molecule has 2 aromatic carbocycles. The van der Waals surface area contributed by atoms with E-state index in [1.807, 2.05) is 4.57 Å². The molecule has 0 unspecified atom stereocenters. The van der Waals surface area contributed by atoms with E-state index in [9.17, 15) is 8.78 Å². The van der Waals surface area contributed by atoms with Crippen LogP contribution >= 0.6 is 0 Å². The number of anilines is 2. The van der Waals surface area contributed by atoms with Crippen LogP contribution in [0.5, 0.6) is 0 Å². The number of hydrogen-bond donors (Lipinski definition) is 2. The van der Waals surface area contributed by atoms with Gasteiger partial charge in [-0.3, -0.25) is 0 Å². The summed E-state index contributed by atoms with van der Waals surface area (Å²) in [5.74, 6) is 0.963. The molecule has 4 rings (SSSR count). The minimum atomic E-state index is -0.317. The maximum Gasteiger partial charge on any atom is 0.139 e. The lowest BCUT2D eigenvalue weighted by molar-refractivity contribution is 0.509. The highest BCUT2D eigenvalue weighted by atomic mass is 19.1. The molecule has 4 nitrogen and oxygen atoms in total. The molecule has 24 heavy (non-hydrogen) atoms. The Morgan fingerprint density at radius 1 is 1.04 bits per heavy atom. The normalized spacial score (nSPS) is 13.6. The second-order valence-electron chi connectivity index (χ2n) is 5.67. The summed E-state index contributed by atoms with van der Waals surface area (Å²) in [5, 5.41) is 6.54. The van der Waals surface area contributed by atoms with E-state index in [0.717, 1.165) is 30.4 Å². The van der Waals surface area contributed by atoms with Crippen molar-refractivity contribution in [2.24, 2.45) is 0 Å². The van der Waals surface area contributed by atoms with E-state index in [1.54, 1.807) is 30.3 Å². The first-order valence-corrected chi connectivity index (χ1v) is 7.80. The summed E-state index contributed by atoms with van der Waals surface area (Å²) < 4.78 is 29.4. The fraction of sp³-hybridized carbons (Fsp3) is 0.167. The molecule has 2 N–H and O–H groups in total. The van der Waals surface area contributed by atoms with Crippen LogP contribution in [-0.2, 0) is 13.1 Å². The first kappa shape index (κ1) is 14.8. The predicted molar refractivity (Wildman–Crippen MR) is 89.0 cm³/mol. The molecule has 0 saturated carbocycles. The quantitative estimate of drug-likeness (QED) is 0.771. The van der Waals surface area contributed by atoms with Gasteiger partial charge in [0.05, 0.1) is 6.54 Å². The van der Waals surface area contributed by atoms with Gasteiger partial charge in [-0.05, 0) is 36.4 Å². The van der Waals surface area contributed by atoms with Gasteiger partial charge in [0.15, 0.2) is 0 Å². The van der Waals surface area contributed by atoms with Gasteiger partial charge in [-0.25, -0.2) is 13.8 Å². The molecule has 1 aliphatic rings. The van der Waals surface area contributed by atoms with Crippen LogP contribution in [0.3, 0.4) is 0 Å². The van der Waals surface area contributed by atoms with Crippen LogP contribution in [0.15, 0.2) is 48.5 Å². The van der Waals surface area contributed by atoms with Crippen LogP contribution < -0.4 is 10.6 Å². The van der Waals surface area contributed by atoms with E-state index in [0.29, 0.717) is 17.8 Å². The monoisotopic (exact) mass is 326 g/mol. The number of rotatable bonds is 3. The number of fused-ring (bicyclic) bond motifs is 1. The number of aromatic nitrogens is 2. The van der Waals surface area contributed by atoms with Gasteiger partial charge in [-0.2, -0.15) is 0 Å². The minimum absolute atomic E-state index is 0.297. The zero-order chi connectivity index (χ0) is 16.5. The molecule has 0 atom stereocenters. The Morgan fingerprint density at radius 3 is 2.62 bits per heavy atom. The number of benzene rings is 2. The van der Waals surface area contributed by atoms with Gasteiger partial charge < -0.3 is 15.2 Å². The maximum absolute atomic E-state index is 14.3. The fourth-order valence-electron chi connectivity index (χ4n) is 2.90. The third kappa shape index (κ3) is 2.65. The molecule has 122 valence electrons. The second-order valence-corrected chi connectivity index (χ2v) is 5.67. The van der Waals surface area contributed by atoms with E-state index < -0.39 is 0 Å².